The van der Waals surface area contributed by atoms with Crippen molar-refractivity contribution in [2.24, 2.45) is 0 Å². The second kappa shape index (κ2) is 10.1. The smallest absolute Gasteiger partial charge is 0.238 e. The molecule has 3 aromatic rings. The molecule has 0 spiro atoms. The van der Waals surface area contributed by atoms with Gasteiger partial charge in [0.15, 0.2) is 5.82 Å². The van der Waals surface area contributed by atoms with Crippen LogP contribution >= 0.6 is 11.8 Å². The van der Waals surface area contributed by atoms with Crippen molar-refractivity contribution in [2.45, 2.75) is 43.1 Å². The number of carbonyl (C=O) groups is 1. The Morgan fingerprint density at radius 1 is 1.06 bits per heavy atom. The topological polar surface area (TPSA) is 72.3 Å². The van der Waals surface area contributed by atoms with Gasteiger partial charge in [0.05, 0.1) is 13.2 Å². The van der Waals surface area contributed by atoms with E-state index in [0.29, 0.717) is 5.16 Å². The molecule has 0 saturated carbocycles. The van der Waals surface area contributed by atoms with E-state index in [1.807, 2.05) is 64.2 Å². The molecule has 0 unspecified atom stereocenters. The Hall–Kier alpha value is -3.00. The molecule has 8 heteroatoms. The summed E-state index contributed by atoms with van der Waals surface area (Å²) < 4.78 is 7.23. The van der Waals surface area contributed by atoms with E-state index < -0.39 is 0 Å². The van der Waals surface area contributed by atoms with Gasteiger partial charge in [-0.2, -0.15) is 0 Å². The van der Waals surface area contributed by atoms with Crippen LogP contribution in [-0.4, -0.2) is 51.1 Å². The van der Waals surface area contributed by atoms with Gasteiger partial charge in [-0.1, -0.05) is 68.1 Å². The Morgan fingerprint density at radius 2 is 1.75 bits per heavy atom. The first-order chi connectivity index (χ1) is 15.7. The first-order valence-electron chi connectivity index (χ1n) is 11.0. The number of ether oxygens (including phenoxy) is 1. The Bertz CT molecular complexity index is 1030. The van der Waals surface area contributed by atoms with E-state index in [-0.39, 0.29) is 17.2 Å². The molecule has 0 radical (unpaired) electrons. The molecule has 0 bridgehead atoms. The van der Waals surface area contributed by atoms with Gasteiger partial charge in [0.2, 0.25) is 11.1 Å². The summed E-state index contributed by atoms with van der Waals surface area (Å²) in [6.45, 7) is 5.71. The molecule has 1 amide bonds. The van der Waals surface area contributed by atoms with Gasteiger partial charge in [0, 0.05) is 18.7 Å². The predicted molar refractivity (Wildman–Crippen MR) is 127 cm³/mol. The third-order valence-electron chi connectivity index (χ3n) is 5.49. The number of benzene rings is 2. The fourth-order valence-corrected chi connectivity index (χ4v) is 5.09. The zero-order chi connectivity index (χ0) is 22.5. The van der Waals surface area contributed by atoms with Gasteiger partial charge in [0.25, 0.3) is 0 Å². The molecule has 32 heavy (non-hydrogen) atoms. The van der Waals surface area contributed by atoms with Crippen LogP contribution in [0.4, 0.5) is 0 Å². The molecule has 168 valence electrons. The maximum atomic E-state index is 13.7. The van der Waals surface area contributed by atoms with Gasteiger partial charge >= 0.3 is 0 Å². The molecule has 1 aliphatic rings. The van der Waals surface area contributed by atoms with Gasteiger partial charge in [-0.25, -0.2) is 4.68 Å². The Morgan fingerprint density at radius 3 is 2.38 bits per heavy atom. The number of aromatic nitrogens is 3. The van der Waals surface area contributed by atoms with Crippen LogP contribution in [-0.2, 0) is 4.79 Å². The Labute approximate surface area is 193 Å². The molecule has 0 fully saturated rings. The van der Waals surface area contributed by atoms with Crippen LogP contribution in [0.5, 0.6) is 5.75 Å². The summed E-state index contributed by atoms with van der Waals surface area (Å²) >= 11 is 1.48. The van der Waals surface area contributed by atoms with Gasteiger partial charge in [0.1, 0.15) is 11.0 Å². The zero-order valence-corrected chi connectivity index (χ0v) is 19.5. The fourth-order valence-electron chi connectivity index (χ4n) is 3.93. The monoisotopic (exact) mass is 451 g/mol. The van der Waals surface area contributed by atoms with Crippen LogP contribution in [0, 0.1) is 0 Å². The van der Waals surface area contributed by atoms with Crippen LogP contribution in [0.1, 0.15) is 38.3 Å². The number of thioether (sulfide) groups is 1. The molecule has 2 heterocycles. The zero-order valence-electron chi connectivity index (χ0n) is 18.7. The number of methoxy groups -OCH3 is 1. The minimum absolute atomic E-state index is 0.127. The summed E-state index contributed by atoms with van der Waals surface area (Å²) in [7, 11) is 1.65. The van der Waals surface area contributed by atoms with Crippen molar-refractivity contribution in [3.8, 4) is 17.1 Å². The van der Waals surface area contributed by atoms with E-state index in [1.165, 1.54) is 11.8 Å². The molecule has 7 nitrogen and oxygen atoms in total. The van der Waals surface area contributed by atoms with Crippen LogP contribution in [0.15, 0.2) is 59.8 Å². The number of carbonyl (C=O) groups excluding carboxylic acids is 1. The first-order valence-corrected chi connectivity index (χ1v) is 11.9. The molecule has 2 aromatic carbocycles. The van der Waals surface area contributed by atoms with Crippen molar-refractivity contribution in [3.63, 3.8) is 0 Å². The standard InChI is InChI=1S/C24H29N5O2S/c1-4-15-28(16-5-2)23(30)21-20(17-11-13-19(31-3)14-12-17)27-29-22(25-26-24(29)32-21)18-9-7-6-8-10-18/h6-14,20-21,27H,4-5,15-16H2,1-3H3/t20-,21+/m1/s1. The number of amides is 1. The lowest BCUT2D eigenvalue weighted by Crippen LogP contribution is -2.46. The van der Waals surface area contributed by atoms with Crippen LogP contribution in [0.3, 0.4) is 0 Å². The quantitative estimate of drug-likeness (QED) is 0.549. The summed E-state index contributed by atoms with van der Waals surface area (Å²) in [5, 5.41) is 9.16. The summed E-state index contributed by atoms with van der Waals surface area (Å²) in [6.07, 6.45) is 1.86. The van der Waals surface area contributed by atoms with E-state index in [1.54, 1.807) is 7.11 Å². The van der Waals surface area contributed by atoms with Crippen molar-refractivity contribution in [2.75, 3.05) is 25.6 Å². The summed E-state index contributed by atoms with van der Waals surface area (Å²) in [4.78, 5) is 15.6. The highest BCUT2D eigenvalue weighted by atomic mass is 32.2. The maximum Gasteiger partial charge on any atom is 0.238 e. The highest BCUT2D eigenvalue weighted by molar-refractivity contribution is 8.00. The van der Waals surface area contributed by atoms with Crippen molar-refractivity contribution < 1.29 is 9.53 Å². The Balaban J connectivity index is 1.73. The van der Waals surface area contributed by atoms with Gasteiger partial charge < -0.3 is 15.1 Å². The minimum atomic E-state index is -0.346. The summed E-state index contributed by atoms with van der Waals surface area (Å²) in [5.41, 5.74) is 5.54. The molecule has 4 rings (SSSR count). The lowest BCUT2D eigenvalue weighted by atomic mass is 10.0. The molecule has 1 N–H and O–H groups in total. The van der Waals surface area contributed by atoms with Crippen molar-refractivity contribution in [3.05, 3.63) is 60.2 Å². The Kier molecular flexibility index (Phi) is 6.99. The van der Waals surface area contributed by atoms with E-state index in [2.05, 4.69) is 29.5 Å². The number of hydrogen-bond donors (Lipinski definition) is 1. The van der Waals surface area contributed by atoms with E-state index in [0.717, 1.165) is 48.6 Å². The second-order valence-corrected chi connectivity index (χ2v) is 8.86. The molecule has 1 aliphatic heterocycles. The van der Waals surface area contributed by atoms with Crippen LogP contribution in [0.2, 0.25) is 0 Å². The molecule has 0 saturated heterocycles. The number of rotatable bonds is 8. The summed E-state index contributed by atoms with van der Waals surface area (Å²) in [5.74, 6) is 1.65. The van der Waals surface area contributed by atoms with E-state index in [9.17, 15) is 4.79 Å². The minimum Gasteiger partial charge on any atom is -0.497 e. The summed E-state index contributed by atoms with van der Waals surface area (Å²) in [6, 6.07) is 17.6. The van der Waals surface area contributed by atoms with E-state index >= 15 is 0 Å². The molecular formula is C24H29N5O2S. The lowest BCUT2D eigenvalue weighted by Gasteiger charge is -2.36. The van der Waals surface area contributed by atoms with Gasteiger partial charge in [-0.05, 0) is 30.5 Å². The highest BCUT2D eigenvalue weighted by Crippen LogP contribution is 2.39. The normalized spacial score (nSPS) is 17.3. The van der Waals surface area contributed by atoms with Crippen molar-refractivity contribution in [1.29, 1.82) is 0 Å². The van der Waals surface area contributed by atoms with E-state index in [4.69, 9.17) is 4.74 Å². The third kappa shape index (κ3) is 4.46. The van der Waals surface area contributed by atoms with Crippen LogP contribution < -0.4 is 10.2 Å². The number of hydrogen-bond acceptors (Lipinski definition) is 6. The maximum absolute atomic E-state index is 13.7. The number of nitrogens with one attached hydrogen (secondary N) is 1. The fraction of sp³-hybridized carbons (Fsp3) is 0.375. The highest BCUT2D eigenvalue weighted by Gasteiger charge is 2.39. The molecule has 2 atom stereocenters. The number of fused-ring (bicyclic) bond motifs is 1. The van der Waals surface area contributed by atoms with Crippen LogP contribution in [0.25, 0.3) is 11.4 Å². The molecular weight excluding hydrogens is 422 g/mol. The SMILES string of the molecule is CCCN(CCC)C(=O)[C@H]1Sc2nnc(-c3ccccc3)n2N[C@@H]1c1ccc(OC)cc1. The lowest BCUT2D eigenvalue weighted by molar-refractivity contribution is -0.131. The second-order valence-electron chi connectivity index (χ2n) is 7.75. The van der Waals surface area contributed by atoms with Crippen molar-refractivity contribution in [1.82, 2.24) is 19.8 Å². The predicted octanol–water partition coefficient (Wildman–Crippen LogP) is 4.36. The number of nitrogens with zero attached hydrogens (tertiary/aromatic N) is 4. The van der Waals surface area contributed by atoms with Gasteiger partial charge in [-0.15, -0.1) is 10.2 Å². The average Bonchev–Trinajstić information content (AvgIpc) is 3.26. The van der Waals surface area contributed by atoms with Crippen molar-refractivity contribution >= 4 is 17.7 Å². The first kappa shape index (κ1) is 22.2. The largest absolute Gasteiger partial charge is 0.497 e. The molecule has 0 aliphatic carbocycles. The van der Waals surface area contributed by atoms with Gasteiger partial charge in [-0.3, -0.25) is 4.79 Å². The average molecular weight is 452 g/mol. The molecule has 1 aromatic heterocycles. The third-order valence-corrected chi connectivity index (χ3v) is 6.69.